The Balaban J connectivity index is 2.49. The number of esters is 1. The third kappa shape index (κ3) is 6.98. The molecule has 0 saturated heterocycles. The zero-order valence-corrected chi connectivity index (χ0v) is 21.5. The minimum absolute atomic E-state index is 0.113. The van der Waals surface area contributed by atoms with Crippen LogP contribution in [0, 0.1) is 11.8 Å². The summed E-state index contributed by atoms with van der Waals surface area (Å²) in [7, 11) is 4.57. The van der Waals surface area contributed by atoms with E-state index in [2.05, 4.69) is 24.3 Å². The van der Waals surface area contributed by atoms with Gasteiger partial charge in [-0.15, -0.1) is 0 Å². The smallest absolute Gasteiger partial charge is 0.307 e. The van der Waals surface area contributed by atoms with Crippen LogP contribution in [0.2, 0.25) is 0 Å². The molecule has 0 fully saturated rings. The van der Waals surface area contributed by atoms with Crippen LogP contribution in [0.15, 0.2) is 24.3 Å². The van der Waals surface area contributed by atoms with Crippen molar-refractivity contribution in [3.63, 3.8) is 0 Å². The van der Waals surface area contributed by atoms with Gasteiger partial charge in [0, 0.05) is 12.6 Å². The average Bonchev–Trinajstić information content (AvgIpc) is 3.24. The van der Waals surface area contributed by atoms with E-state index in [1.54, 1.807) is 20.3 Å². The second-order valence-corrected chi connectivity index (χ2v) is 8.90. The van der Waals surface area contributed by atoms with Gasteiger partial charge in [0.05, 0.1) is 39.0 Å². The van der Waals surface area contributed by atoms with E-state index in [0.717, 1.165) is 24.1 Å². The second-order valence-electron chi connectivity index (χ2n) is 8.90. The quantitative estimate of drug-likeness (QED) is 0.424. The summed E-state index contributed by atoms with van der Waals surface area (Å²) in [5.41, 5.74) is 1.78. The van der Waals surface area contributed by atoms with Crippen molar-refractivity contribution in [2.45, 2.75) is 66.0 Å². The molecule has 188 valence electrons. The van der Waals surface area contributed by atoms with Crippen LogP contribution >= 0.6 is 0 Å². The van der Waals surface area contributed by atoms with Crippen LogP contribution in [0.25, 0.3) is 11.3 Å². The molecule has 1 atom stereocenters. The lowest BCUT2D eigenvalue weighted by molar-refractivity contribution is -0.141. The molecule has 0 saturated carbocycles. The Hall–Kier alpha value is -3.03. The third-order valence-electron chi connectivity index (χ3n) is 6.01. The van der Waals surface area contributed by atoms with Crippen LogP contribution in [0.4, 0.5) is 0 Å². The highest BCUT2D eigenvalue weighted by Crippen LogP contribution is 2.39. The first-order valence-electron chi connectivity index (χ1n) is 11.9. The van der Waals surface area contributed by atoms with Gasteiger partial charge in [-0.2, -0.15) is 5.10 Å². The highest BCUT2D eigenvalue weighted by Gasteiger charge is 2.25. The fraction of sp³-hybridized carbons (Fsp3) is 0.577. The molecule has 2 aromatic rings. The minimum Gasteiger partial charge on any atom is -0.496 e. The average molecular weight is 474 g/mol. The van der Waals surface area contributed by atoms with E-state index in [4.69, 9.17) is 14.2 Å². The molecule has 0 radical (unpaired) electrons. The van der Waals surface area contributed by atoms with E-state index >= 15 is 0 Å². The van der Waals surface area contributed by atoms with Gasteiger partial charge in [-0.1, -0.05) is 46.6 Å². The summed E-state index contributed by atoms with van der Waals surface area (Å²) in [6, 6.07) is 7.01. The maximum atomic E-state index is 13.2. The predicted octanol–water partition coefficient (Wildman–Crippen LogP) is 4.71. The molecule has 0 spiro atoms. The molecule has 1 amide bonds. The first-order valence-corrected chi connectivity index (χ1v) is 11.9. The van der Waals surface area contributed by atoms with Gasteiger partial charge in [-0.3, -0.25) is 14.3 Å². The number of rotatable bonds is 13. The van der Waals surface area contributed by atoms with Crippen LogP contribution < -0.4 is 14.8 Å². The lowest BCUT2D eigenvalue weighted by Crippen LogP contribution is -2.38. The number of hydrogen-bond donors (Lipinski definition) is 1. The number of nitrogens with zero attached hydrogens (tertiary/aromatic N) is 2. The van der Waals surface area contributed by atoms with Gasteiger partial charge >= 0.3 is 5.97 Å². The molecule has 2 rings (SSSR count). The SMILES string of the molecule is CCC(CC)Cn1nc(C(=O)N[C@H](CC(=O)OC)CC(C)C)cc1-c1c(OC)cccc1OC. The van der Waals surface area contributed by atoms with Gasteiger partial charge < -0.3 is 19.5 Å². The number of carbonyl (C=O) groups excluding carboxylic acids is 2. The van der Waals surface area contributed by atoms with Crippen molar-refractivity contribution < 1.29 is 23.8 Å². The summed E-state index contributed by atoms with van der Waals surface area (Å²) >= 11 is 0. The van der Waals surface area contributed by atoms with E-state index in [1.165, 1.54) is 7.11 Å². The Morgan fingerprint density at radius 3 is 2.18 bits per heavy atom. The van der Waals surface area contributed by atoms with Crippen molar-refractivity contribution in [2.24, 2.45) is 11.8 Å². The van der Waals surface area contributed by atoms with Crippen LogP contribution in [-0.4, -0.2) is 49.0 Å². The number of benzene rings is 1. The number of amides is 1. The van der Waals surface area contributed by atoms with Crippen molar-refractivity contribution in [1.82, 2.24) is 15.1 Å². The van der Waals surface area contributed by atoms with Crippen molar-refractivity contribution in [3.05, 3.63) is 30.0 Å². The van der Waals surface area contributed by atoms with Crippen LogP contribution in [0.1, 0.15) is 63.9 Å². The third-order valence-corrected chi connectivity index (χ3v) is 6.01. The largest absolute Gasteiger partial charge is 0.496 e. The Kier molecular flexibility index (Phi) is 10.4. The Labute approximate surface area is 203 Å². The Morgan fingerprint density at radius 2 is 1.68 bits per heavy atom. The molecule has 8 heteroatoms. The van der Waals surface area contributed by atoms with Gasteiger partial charge in [0.1, 0.15) is 11.5 Å². The molecule has 1 aromatic heterocycles. The van der Waals surface area contributed by atoms with Crippen molar-refractivity contribution in [1.29, 1.82) is 0 Å². The summed E-state index contributed by atoms with van der Waals surface area (Å²) < 4.78 is 17.9. The van der Waals surface area contributed by atoms with Crippen LogP contribution in [0.5, 0.6) is 11.5 Å². The summed E-state index contributed by atoms with van der Waals surface area (Å²) in [5.74, 6) is 1.30. The van der Waals surface area contributed by atoms with Gasteiger partial charge in [0.25, 0.3) is 5.91 Å². The van der Waals surface area contributed by atoms with E-state index in [1.807, 2.05) is 36.7 Å². The topological polar surface area (TPSA) is 91.7 Å². The maximum absolute atomic E-state index is 13.2. The number of methoxy groups -OCH3 is 3. The molecule has 1 N–H and O–H groups in total. The number of carbonyl (C=O) groups is 2. The normalized spacial score (nSPS) is 12.0. The molecule has 0 aliphatic heterocycles. The molecular weight excluding hydrogens is 434 g/mol. The standard InChI is InChI=1S/C26H39N3O5/c1-8-18(9-2)16-29-21(25-22(32-5)11-10-12-23(25)33-6)15-20(28-29)26(31)27-19(13-17(3)4)14-24(30)34-7/h10-12,15,17-19H,8-9,13-14,16H2,1-7H3,(H,27,31)/t19-/m0/s1. The van der Waals surface area contributed by atoms with E-state index in [9.17, 15) is 9.59 Å². The zero-order valence-electron chi connectivity index (χ0n) is 21.5. The first kappa shape index (κ1) is 27.2. The highest BCUT2D eigenvalue weighted by molar-refractivity contribution is 5.94. The number of hydrogen-bond acceptors (Lipinski definition) is 6. The Bertz CT molecular complexity index is 928. The van der Waals surface area contributed by atoms with Crippen LogP contribution in [0.3, 0.4) is 0 Å². The molecule has 0 unspecified atom stereocenters. The second kappa shape index (κ2) is 13.0. The molecule has 8 nitrogen and oxygen atoms in total. The molecule has 0 aliphatic rings. The number of nitrogens with one attached hydrogen (secondary N) is 1. The molecule has 1 heterocycles. The molecule has 1 aromatic carbocycles. The van der Waals surface area contributed by atoms with Gasteiger partial charge in [0.15, 0.2) is 5.69 Å². The number of ether oxygens (including phenoxy) is 3. The fourth-order valence-electron chi connectivity index (χ4n) is 4.07. The van der Waals surface area contributed by atoms with E-state index in [0.29, 0.717) is 36.3 Å². The molecule has 0 aliphatic carbocycles. The fourth-order valence-corrected chi connectivity index (χ4v) is 4.07. The van der Waals surface area contributed by atoms with E-state index < -0.39 is 0 Å². The van der Waals surface area contributed by atoms with Crippen molar-refractivity contribution >= 4 is 11.9 Å². The van der Waals surface area contributed by atoms with Gasteiger partial charge in [-0.05, 0) is 36.5 Å². The predicted molar refractivity (Wildman–Crippen MR) is 132 cm³/mol. The monoisotopic (exact) mass is 473 g/mol. The molecule has 0 bridgehead atoms. The van der Waals surface area contributed by atoms with Gasteiger partial charge in [-0.25, -0.2) is 0 Å². The zero-order chi connectivity index (χ0) is 25.3. The van der Waals surface area contributed by atoms with Crippen molar-refractivity contribution in [3.8, 4) is 22.8 Å². The molecular formula is C26H39N3O5. The molecule has 34 heavy (non-hydrogen) atoms. The summed E-state index contributed by atoms with van der Waals surface area (Å²) in [5, 5.41) is 7.66. The highest BCUT2D eigenvalue weighted by atomic mass is 16.5. The van der Waals surface area contributed by atoms with Gasteiger partial charge in [0.2, 0.25) is 0 Å². The first-order chi connectivity index (χ1) is 16.3. The minimum atomic E-state index is -0.357. The summed E-state index contributed by atoms with van der Waals surface area (Å²) in [6.07, 6.45) is 2.76. The summed E-state index contributed by atoms with van der Waals surface area (Å²) in [6.45, 7) is 9.06. The number of aromatic nitrogens is 2. The van der Waals surface area contributed by atoms with Crippen molar-refractivity contribution in [2.75, 3.05) is 21.3 Å². The van der Waals surface area contributed by atoms with E-state index in [-0.39, 0.29) is 30.0 Å². The Morgan fingerprint density at radius 1 is 1.06 bits per heavy atom. The lowest BCUT2D eigenvalue weighted by atomic mass is 10.0. The lowest BCUT2D eigenvalue weighted by Gasteiger charge is -2.19. The maximum Gasteiger partial charge on any atom is 0.307 e. The summed E-state index contributed by atoms with van der Waals surface area (Å²) in [4.78, 5) is 25.1. The van der Waals surface area contributed by atoms with Crippen LogP contribution in [-0.2, 0) is 16.1 Å².